The van der Waals surface area contributed by atoms with E-state index in [0.29, 0.717) is 29.6 Å². The van der Waals surface area contributed by atoms with Crippen molar-refractivity contribution >= 4 is 17.5 Å². The first-order valence-corrected chi connectivity index (χ1v) is 12.2. The average molecular weight is 444 g/mol. The first-order valence-electron chi connectivity index (χ1n) is 12.2. The van der Waals surface area contributed by atoms with Gasteiger partial charge in [0.15, 0.2) is 0 Å². The van der Waals surface area contributed by atoms with Gasteiger partial charge < -0.3 is 16.0 Å². The van der Waals surface area contributed by atoms with Crippen LogP contribution < -0.4 is 11.1 Å². The summed E-state index contributed by atoms with van der Waals surface area (Å²) in [6.45, 7) is 4.22. The van der Waals surface area contributed by atoms with Crippen molar-refractivity contribution in [1.82, 2.24) is 4.90 Å². The van der Waals surface area contributed by atoms with Crippen molar-refractivity contribution in [2.75, 3.05) is 18.4 Å². The topological polar surface area (TPSA) is 75.4 Å². The molecule has 2 amide bonds. The highest BCUT2D eigenvalue weighted by molar-refractivity contribution is 5.98. The van der Waals surface area contributed by atoms with Gasteiger partial charge in [-0.15, -0.1) is 0 Å². The fourth-order valence-electron chi connectivity index (χ4n) is 5.89. The number of amides is 2. The number of carbonyl (C=O) groups excluding carboxylic acids is 2. The van der Waals surface area contributed by atoms with Crippen LogP contribution in [0.4, 0.5) is 5.69 Å². The minimum absolute atomic E-state index is 0.0378. The van der Waals surface area contributed by atoms with Crippen LogP contribution in [0.3, 0.4) is 0 Å². The van der Waals surface area contributed by atoms with Crippen LogP contribution in [0.2, 0.25) is 0 Å². The predicted octanol–water partition coefficient (Wildman–Crippen LogP) is 4.71. The molecule has 3 N–H and O–H groups in total. The molecule has 2 aromatic rings. The van der Waals surface area contributed by atoms with E-state index in [9.17, 15) is 9.59 Å². The molecule has 2 aromatic carbocycles. The van der Waals surface area contributed by atoms with E-state index in [4.69, 9.17) is 5.73 Å². The van der Waals surface area contributed by atoms with Gasteiger partial charge in [-0.2, -0.15) is 0 Å². The Kier molecular flexibility index (Phi) is 5.83. The van der Waals surface area contributed by atoms with Crippen molar-refractivity contribution in [2.45, 2.75) is 45.1 Å². The summed E-state index contributed by atoms with van der Waals surface area (Å²) in [6.07, 6.45) is 8.36. The first kappa shape index (κ1) is 21.9. The molecule has 3 unspecified atom stereocenters. The van der Waals surface area contributed by atoms with Gasteiger partial charge in [0.1, 0.15) is 0 Å². The maximum absolute atomic E-state index is 13.2. The normalized spacial score (nSPS) is 26.2. The molecule has 1 heterocycles. The zero-order valence-electron chi connectivity index (χ0n) is 19.3. The lowest BCUT2D eigenvalue weighted by Crippen LogP contribution is -2.54. The SMILES string of the molecule is CCC12C=CC1C(C(=O)Nc1cccc(C(=O)N3CCC(c4cccc(CN)c4)CC3)c1)C2. The Morgan fingerprint density at radius 2 is 1.91 bits per heavy atom. The van der Waals surface area contributed by atoms with E-state index < -0.39 is 0 Å². The molecule has 1 saturated carbocycles. The second kappa shape index (κ2) is 8.79. The van der Waals surface area contributed by atoms with Crippen LogP contribution in [-0.2, 0) is 11.3 Å². The van der Waals surface area contributed by atoms with Crippen LogP contribution in [0.5, 0.6) is 0 Å². The standard InChI is InChI=1S/C28H33N3O2/c1-2-28-12-9-25(28)24(17-28)26(32)30-23-8-4-7-22(16-23)27(33)31-13-10-20(11-14-31)21-6-3-5-19(15-21)18-29/h3-9,12,15-16,20,24-25H,2,10-11,13-14,17-18,29H2,1H3,(H,30,32). The van der Waals surface area contributed by atoms with Crippen molar-refractivity contribution in [3.8, 4) is 0 Å². The van der Waals surface area contributed by atoms with Gasteiger partial charge in [0, 0.05) is 36.8 Å². The molecule has 1 aliphatic heterocycles. The number of anilines is 1. The molecule has 2 aliphatic carbocycles. The van der Waals surface area contributed by atoms with Crippen LogP contribution in [0, 0.1) is 17.3 Å². The molecule has 2 fully saturated rings. The lowest BCUT2D eigenvalue weighted by atomic mass is 9.46. The van der Waals surface area contributed by atoms with Gasteiger partial charge in [-0.1, -0.05) is 49.4 Å². The van der Waals surface area contributed by atoms with Crippen LogP contribution in [0.1, 0.15) is 60.0 Å². The zero-order valence-corrected chi connectivity index (χ0v) is 19.3. The average Bonchev–Trinajstić information content (AvgIpc) is 2.85. The molecule has 5 heteroatoms. The summed E-state index contributed by atoms with van der Waals surface area (Å²) in [5.74, 6) is 0.990. The largest absolute Gasteiger partial charge is 0.339 e. The fourth-order valence-corrected chi connectivity index (χ4v) is 5.89. The van der Waals surface area contributed by atoms with E-state index >= 15 is 0 Å². The number of allylic oxidation sites excluding steroid dienone is 2. The number of piperidine rings is 1. The third kappa shape index (κ3) is 3.99. The fraction of sp³-hybridized carbons (Fsp3) is 0.429. The minimum Gasteiger partial charge on any atom is -0.339 e. The molecule has 0 aromatic heterocycles. The summed E-state index contributed by atoms with van der Waals surface area (Å²) in [7, 11) is 0. The van der Waals surface area contributed by atoms with E-state index in [-0.39, 0.29) is 23.1 Å². The maximum atomic E-state index is 13.2. The number of hydrogen-bond acceptors (Lipinski definition) is 3. The molecule has 0 spiro atoms. The van der Waals surface area contributed by atoms with Crippen LogP contribution in [0.15, 0.2) is 60.7 Å². The van der Waals surface area contributed by atoms with Crippen molar-refractivity contribution in [3.05, 3.63) is 77.4 Å². The van der Waals surface area contributed by atoms with Crippen molar-refractivity contribution < 1.29 is 9.59 Å². The van der Waals surface area contributed by atoms with E-state index in [1.54, 1.807) is 0 Å². The number of hydrogen-bond donors (Lipinski definition) is 2. The van der Waals surface area contributed by atoms with Crippen LogP contribution in [-0.4, -0.2) is 29.8 Å². The van der Waals surface area contributed by atoms with Crippen molar-refractivity contribution in [2.24, 2.45) is 23.0 Å². The molecule has 0 bridgehead atoms. The van der Waals surface area contributed by atoms with E-state index in [2.05, 4.69) is 48.7 Å². The smallest absolute Gasteiger partial charge is 0.253 e. The van der Waals surface area contributed by atoms with E-state index in [1.165, 1.54) is 5.56 Å². The van der Waals surface area contributed by atoms with Crippen molar-refractivity contribution in [1.29, 1.82) is 0 Å². The number of nitrogens with zero attached hydrogens (tertiary/aromatic N) is 1. The first-order chi connectivity index (χ1) is 16.0. The molecule has 3 aliphatic rings. The lowest BCUT2D eigenvalue weighted by molar-refractivity contribution is -0.131. The second-order valence-corrected chi connectivity index (χ2v) is 9.87. The highest BCUT2D eigenvalue weighted by Crippen LogP contribution is 2.61. The third-order valence-electron chi connectivity index (χ3n) is 8.15. The number of rotatable bonds is 6. The molecular formula is C28H33N3O2. The predicted molar refractivity (Wildman–Crippen MR) is 131 cm³/mol. The minimum atomic E-state index is 0.0378. The summed E-state index contributed by atoms with van der Waals surface area (Å²) in [4.78, 5) is 27.9. The molecular weight excluding hydrogens is 410 g/mol. The summed E-state index contributed by atoms with van der Waals surface area (Å²) < 4.78 is 0. The summed E-state index contributed by atoms with van der Waals surface area (Å²) in [6, 6.07) is 15.9. The van der Waals surface area contributed by atoms with Gasteiger partial charge in [-0.3, -0.25) is 9.59 Å². The number of nitrogens with two attached hydrogens (primary N) is 1. The molecule has 1 saturated heterocycles. The van der Waals surface area contributed by atoms with Gasteiger partial charge >= 0.3 is 0 Å². The number of likely N-dealkylation sites (tertiary alicyclic amines) is 1. The van der Waals surface area contributed by atoms with Gasteiger partial charge in [0.05, 0.1) is 0 Å². The Balaban J connectivity index is 1.18. The molecule has 33 heavy (non-hydrogen) atoms. The van der Waals surface area contributed by atoms with E-state index in [0.717, 1.165) is 44.3 Å². The lowest BCUT2D eigenvalue weighted by Gasteiger charge is -2.57. The van der Waals surface area contributed by atoms with Crippen LogP contribution >= 0.6 is 0 Å². The summed E-state index contributed by atoms with van der Waals surface area (Å²) in [5.41, 5.74) is 9.86. The highest BCUT2D eigenvalue weighted by atomic mass is 16.2. The Morgan fingerprint density at radius 3 is 2.58 bits per heavy atom. The quantitative estimate of drug-likeness (QED) is 0.635. The zero-order chi connectivity index (χ0) is 23.0. The van der Waals surface area contributed by atoms with Crippen LogP contribution in [0.25, 0.3) is 0 Å². The summed E-state index contributed by atoms with van der Waals surface area (Å²) >= 11 is 0. The van der Waals surface area contributed by atoms with Crippen molar-refractivity contribution in [3.63, 3.8) is 0 Å². The third-order valence-corrected chi connectivity index (χ3v) is 8.15. The molecule has 3 atom stereocenters. The number of nitrogens with one attached hydrogen (secondary N) is 1. The van der Waals surface area contributed by atoms with E-state index in [1.807, 2.05) is 29.2 Å². The maximum Gasteiger partial charge on any atom is 0.253 e. The Morgan fingerprint density at radius 1 is 1.12 bits per heavy atom. The Labute approximate surface area is 196 Å². The Hall–Kier alpha value is -2.92. The Bertz CT molecular complexity index is 1090. The van der Waals surface area contributed by atoms with Gasteiger partial charge in [0.25, 0.3) is 5.91 Å². The monoisotopic (exact) mass is 443 g/mol. The molecule has 0 radical (unpaired) electrons. The number of fused-ring (bicyclic) bond motifs is 1. The molecule has 172 valence electrons. The molecule has 5 rings (SSSR count). The van der Waals surface area contributed by atoms with Gasteiger partial charge in [-0.05, 0) is 72.3 Å². The van der Waals surface area contributed by atoms with Gasteiger partial charge in [0.2, 0.25) is 5.91 Å². The highest BCUT2D eigenvalue weighted by Gasteiger charge is 2.57. The summed E-state index contributed by atoms with van der Waals surface area (Å²) in [5, 5.41) is 3.05. The number of benzene rings is 2. The number of carbonyl (C=O) groups is 2. The second-order valence-electron chi connectivity index (χ2n) is 9.87. The molecule has 5 nitrogen and oxygen atoms in total. The van der Waals surface area contributed by atoms with Gasteiger partial charge in [-0.25, -0.2) is 0 Å².